The van der Waals surface area contributed by atoms with Crippen molar-refractivity contribution in [2.24, 2.45) is 0 Å². The van der Waals surface area contributed by atoms with E-state index in [1.54, 1.807) is 6.07 Å². The zero-order valence-corrected chi connectivity index (χ0v) is 7.54. The van der Waals surface area contributed by atoms with Gasteiger partial charge in [0.25, 0.3) is 0 Å². The number of hydrogen-bond donors (Lipinski definition) is 0. The van der Waals surface area contributed by atoms with E-state index in [0.29, 0.717) is 5.39 Å². The first-order valence-corrected chi connectivity index (χ1v) is 4.21. The third-order valence-corrected chi connectivity index (χ3v) is 2.04. The van der Waals surface area contributed by atoms with Crippen LogP contribution in [-0.4, -0.2) is 15.8 Å². The van der Waals surface area contributed by atoms with E-state index >= 15 is 0 Å². The van der Waals surface area contributed by atoms with Gasteiger partial charge in [-0.1, -0.05) is 0 Å². The van der Waals surface area contributed by atoms with Gasteiger partial charge in [-0.15, -0.1) is 0 Å². The van der Waals surface area contributed by atoms with Crippen LogP contribution in [0.1, 0.15) is 5.56 Å². The van der Waals surface area contributed by atoms with E-state index in [4.69, 9.17) is 5.84 Å². The fourth-order valence-electron chi connectivity index (χ4n) is 1.48. The van der Waals surface area contributed by atoms with Gasteiger partial charge in [-0.25, -0.2) is 4.98 Å². The fraction of sp³-hybridized carbons (Fsp3) is 0.222. The first kappa shape index (κ1) is 9.82. The van der Waals surface area contributed by atoms with Crippen molar-refractivity contribution in [2.75, 3.05) is 0 Å². The van der Waals surface area contributed by atoms with Crippen molar-refractivity contribution < 1.29 is 13.2 Å². The van der Waals surface area contributed by atoms with Gasteiger partial charge in [0.2, 0.25) is 0 Å². The molecule has 0 aliphatic heterocycles. The Hall–Kier alpha value is -1.72. The molecule has 0 aliphatic carbocycles. The lowest BCUT2D eigenvalue weighted by molar-refractivity contribution is -0.127. The quantitative estimate of drug-likeness (QED) is 0.719. The highest BCUT2D eigenvalue weighted by Gasteiger charge is 2.29. The zero-order chi connectivity index (χ0) is 11.1. The summed E-state index contributed by atoms with van der Waals surface area (Å²) in [6, 6.07) is 3.09. The summed E-state index contributed by atoms with van der Waals surface area (Å²) in [6.07, 6.45) is -2.69. The molecule has 0 saturated carbocycles. The van der Waals surface area contributed by atoms with E-state index < -0.39 is 12.6 Å². The molecule has 0 amide bonds. The number of alkyl halides is 3. The number of aromatic nitrogens is 2. The predicted octanol–water partition coefficient (Wildman–Crippen LogP) is 2.96. The van der Waals surface area contributed by atoms with Gasteiger partial charge >= 0.3 is 6.18 Å². The van der Waals surface area contributed by atoms with Gasteiger partial charge < -0.3 is 10.5 Å². The zero-order valence-electron chi connectivity index (χ0n) is 7.54. The minimum absolute atomic E-state index is 0.0839. The maximum Gasteiger partial charge on any atom is 0.393 e. The molecule has 0 radical (unpaired) electrons. The Morgan fingerprint density at radius 2 is 2.13 bits per heavy atom. The summed E-state index contributed by atoms with van der Waals surface area (Å²) < 4.78 is 37.4. The normalized spacial score (nSPS) is 12.2. The van der Waals surface area contributed by atoms with Gasteiger partial charge in [0.1, 0.15) is 5.65 Å². The van der Waals surface area contributed by atoms with Crippen molar-refractivity contribution in [1.82, 2.24) is 9.66 Å². The molecule has 2 aromatic rings. The van der Waals surface area contributed by atoms with Crippen molar-refractivity contribution in [2.45, 2.75) is 12.6 Å². The van der Waals surface area contributed by atoms with Crippen LogP contribution in [0, 0.1) is 0 Å². The van der Waals surface area contributed by atoms with Crippen LogP contribution in [-0.2, 0) is 6.42 Å². The maximum absolute atomic E-state index is 12.2. The van der Waals surface area contributed by atoms with Gasteiger partial charge in [0.15, 0.2) is 0 Å². The van der Waals surface area contributed by atoms with E-state index in [9.17, 15) is 13.2 Å². The highest BCUT2D eigenvalue weighted by molar-refractivity contribution is 5.80. The van der Waals surface area contributed by atoms with Crippen LogP contribution in [0.25, 0.3) is 16.9 Å². The van der Waals surface area contributed by atoms with Gasteiger partial charge in [-0.2, -0.15) is 13.2 Å². The molecule has 0 aromatic carbocycles. The van der Waals surface area contributed by atoms with Gasteiger partial charge in [-0.3, -0.25) is 0 Å². The average molecular weight is 214 g/mol. The summed E-state index contributed by atoms with van der Waals surface area (Å²) in [7, 11) is 0. The number of nitrogens with one attached hydrogen (secondary N) is 1. The number of halogens is 3. The van der Waals surface area contributed by atoms with Crippen molar-refractivity contribution in [3.8, 4) is 0 Å². The molecule has 80 valence electrons. The number of nitrogens with zero attached hydrogens (tertiary/aromatic N) is 2. The Morgan fingerprint density at radius 3 is 2.80 bits per heavy atom. The van der Waals surface area contributed by atoms with Crippen LogP contribution in [0.15, 0.2) is 24.5 Å². The molecule has 6 heteroatoms. The smallest absolute Gasteiger partial charge is 0.393 e. The molecule has 2 rings (SSSR count). The first-order chi connectivity index (χ1) is 6.97. The van der Waals surface area contributed by atoms with E-state index in [-0.39, 0.29) is 11.2 Å². The summed E-state index contributed by atoms with van der Waals surface area (Å²) in [5.41, 5.74) is 0.331. The second-order valence-electron chi connectivity index (χ2n) is 3.19. The highest BCUT2D eigenvalue weighted by atomic mass is 19.4. The standard InChI is InChI=1S/C9H7F3N3/c10-9(11,12)4-6-5-15(13)8-7(6)2-1-3-14-8/h1-3,5,13H,4H2/q-1. The second kappa shape index (κ2) is 3.15. The molecular weight excluding hydrogens is 207 g/mol. The molecule has 0 atom stereocenters. The Balaban J connectivity index is 2.53. The predicted molar refractivity (Wildman–Crippen MR) is 49.2 cm³/mol. The number of fused-ring (bicyclic) bond motifs is 1. The maximum atomic E-state index is 12.2. The van der Waals surface area contributed by atoms with Crippen molar-refractivity contribution in [3.63, 3.8) is 0 Å². The summed E-state index contributed by atoms with van der Waals surface area (Å²) >= 11 is 0. The van der Waals surface area contributed by atoms with Crippen LogP contribution in [0.4, 0.5) is 13.2 Å². The molecule has 2 aromatic heterocycles. The minimum atomic E-state index is -4.26. The fourth-order valence-corrected chi connectivity index (χ4v) is 1.48. The van der Waals surface area contributed by atoms with Gasteiger partial charge in [0.05, 0.1) is 6.42 Å². The van der Waals surface area contributed by atoms with E-state index in [0.717, 1.165) is 10.9 Å². The lowest BCUT2D eigenvalue weighted by atomic mass is 10.1. The SMILES string of the molecule is [NH-]n1cc(CC(F)(F)F)c2cccnc21. The van der Waals surface area contributed by atoms with Crippen molar-refractivity contribution >= 4 is 11.0 Å². The molecule has 0 saturated heterocycles. The van der Waals surface area contributed by atoms with E-state index in [1.807, 2.05) is 0 Å². The monoisotopic (exact) mass is 214 g/mol. The van der Waals surface area contributed by atoms with Crippen molar-refractivity contribution in [3.05, 3.63) is 35.9 Å². The largest absolute Gasteiger partial charge is 0.630 e. The summed E-state index contributed by atoms with van der Waals surface area (Å²) in [5.74, 6) is 7.38. The lowest BCUT2D eigenvalue weighted by Gasteiger charge is -2.04. The first-order valence-electron chi connectivity index (χ1n) is 4.21. The minimum Gasteiger partial charge on any atom is -0.630 e. The van der Waals surface area contributed by atoms with Crippen LogP contribution >= 0.6 is 0 Å². The topological polar surface area (TPSA) is 41.6 Å². The third kappa shape index (κ3) is 1.88. The molecule has 0 bridgehead atoms. The molecular formula is C9H7F3N3-. The molecule has 3 nitrogen and oxygen atoms in total. The molecule has 0 unspecified atom stereocenters. The van der Waals surface area contributed by atoms with Crippen LogP contribution in [0.2, 0.25) is 0 Å². The van der Waals surface area contributed by atoms with Crippen LogP contribution in [0.3, 0.4) is 0 Å². The summed E-state index contributed by atoms with van der Waals surface area (Å²) in [6.45, 7) is 0. The number of hydrogen-bond acceptors (Lipinski definition) is 1. The van der Waals surface area contributed by atoms with Crippen molar-refractivity contribution in [1.29, 1.82) is 0 Å². The Morgan fingerprint density at radius 1 is 1.40 bits per heavy atom. The van der Waals surface area contributed by atoms with E-state index in [2.05, 4.69) is 4.98 Å². The molecule has 0 aliphatic rings. The Labute approximate surface area is 83.3 Å². The van der Waals surface area contributed by atoms with Gasteiger partial charge in [-0.05, 0) is 23.9 Å². The summed E-state index contributed by atoms with van der Waals surface area (Å²) in [5, 5.41) is 0.379. The lowest BCUT2D eigenvalue weighted by Crippen LogP contribution is -2.10. The molecule has 15 heavy (non-hydrogen) atoms. The number of pyridine rings is 1. The molecule has 1 N–H and O–H groups in total. The Bertz CT molecular complexity index is 487. The third-order valence-electron chi connectivity index (χ3n) is 2.04. The van der Waals surface area contributed by atoms with Gasteiger partial charge in [0, 0.05) is 11.6 Å². The second-order valence-corrected chi connectivity index (χ2v) is 3.19. The van der Waals surface area contributed by atoms with Crippen LogP contribution in [0.5, 0.6) is 0 Å². The Kier molecular flexibility index (Phi) is 2.06. The summed E-state index contributed by atoms with van der Waals surface area (Å²) in [4.78, 5) is 3.84. The number of rotatable bonds is 1. The van der Waals surface area contributed by atoms with Crippen LogP contribution < -0.4 is 0 Å². The molecule has 0 fully saturated rings. The molecule has 0 spiro atoms. The average Bonchev–Trinajstić information content (AvgIpc) is 2.42. The highest BCUT2D eigenvalue weighted by Crippen LogP contribution is 2.27. The molecule has 2 heterocycles. The van der Waals surface area contributed by atoms with E-state index in [1.165, 1.54) is 12.3 Å².